The van der Waals surface area contributed by atoms with Crippen LogP contribution in [0.3, 0.4) is 0 Å². The van der Waals surface area contributed by atoms with Crippen LogP contribution in [0.5, 0.6) is 0 Å². The zero-order valence-electron chi connectivity index (χ0n) is 13.4. The standard InChI is InChI=1S/C17H30N2O2/c1-2-3-12-21-13-6-11-19-15(14-7-4-5-8-14)18-17(9-10-17)16(19)20/h14-15,18H,2-13H2,1H3. The van der Waals surface area contributed by atoms with Crippen molar-refractivity contribution in [3.8, 4) is 0 Å². The number of rotatable bonds is 8. The zero-order valence-corrected chi connectivity index (χ0v) is 13.4. The van der Waals surface area contributed by atoms with Crippen LogP contribution >= 0.6 is 0 Å². The highest BCUT2D eigenvalue weighted by molar-refractivity contribution is 5.91. The van der Waals surface area contributed by atoms with E-state index >= 15 is 0 Å². The van der Waals surface area contributed by atoms with Crippen molar-refractivity contribution in [3.63, 3.8) is 0 Å². The fourth-order valence-corrected chi connectivity index (χ4v) is 3.88. The molecule has 0 aromatic rings. The number of carbonyl (C=O) groups is 1. The second-order valence-electron chi connectivity index (χ2n) is 7.03. The molecule has 1 N–H and O–H groups in total. The van der Waals surface area contributed by atoms with Crippen LogP contribution in [0.1, 0.15) is 64.7 Å². The molecule has 1 atom stereocenters. The van der Waals surface area contributed by atoms with Gasteiger partial charge in [-0.2, -0.15) is 0 Å². The zero-order chi connectivity index (χ0) is 14.7. The molecule has 4 heteroatoms. The number of hydrogen-bond donors (Lipinski definition) is 1. The first-order valence-corrected chi connectivity index (χ1v) is 8.93. The highest BCUT2D eigenvalue weighted by atomic mass is 16.5. The van der Waals surface area contributed by atoms with Gasteiger partial charge in [-0.05, 0) is 44.4 Å². The van der Waals surface area contributed by atoms with Crippen molar-refractivity contribution in [2.75, 3.05) is 19.8 Å². The summed E-state index contributed by atoms with van der Waals surface area (Å²) >= 11 is 0. The lowest BCUT2D eigenvalue weighted by Crippen LogP contribution is -2.43. The number of nitrogens with zero attached hydrogens (tertiary/aromatic N) is 1. The average molecular weight is 294 g/mol. The number of ether oxygens (including phenoxy) is 1. The monoisotopic (exact) mass is 294 g/mol. The van der Waals surface area contributed by atoms with E-state index in [1.807, 2.05) is 0 Å². The van der Waals surface area contributed by atoms with Gasteiger partial charge in [0.1, 0.15) is 0 Å². The van der Waals surface area contributed by atoms with Gasteiger partial charge in [0.25, 0.3) is 0 Å². The van der Waals surface area contributed by atoms with Gasteiger partial charge in [0, 0.05) is 19.8 Å². The fraction of sp³-hybridized carbons (Fsp3) is 0.941. The van der Waals surface area contributed by atoms with Crippen molar-refractivity contribution >= 4 is 5.91 Å². The van der Waals surface area contributed by atoms with Crippen molar-refractivity contribution in [2.45, 2.75) is 76.4 Å². The van der Waals surface area contributed by atoms with E-state index in [4.69, 9.17) is 4.74 Å². The van der Waals surface area contributed by atoms with E-state index in [1.165, 1.54) is 32.1 Å². The Kier molecular flexibility index (Phi) is 4.85. The predicted octanol–water partition coefficient (Wildman–Crippen LogP) is 2.67. The summed E-state index contributed by atoms with van der Waals surface area (Å²) in [5, 5.41) is 3.68. The molecule has 0 bridgehead atoms. The molecule has 0 radical (unpaired) electrons. The minimum absolute atomic E-state index is 0.156. The van der Waals surface area contributed by atoms with E-state index in [-0.39, 0.29) is 5.54 Å². The van der Waals surface area contributed by atoms with E-state index in [9.17, 15) is 4.79 Å². The summed E-state index contributed by atoms with van der Waals surface area (Å²) in [6, 6.07) is 0. The third-order valence-electron chi connectivity index (χ3n) is 5.36. The first kappa shape index (κ1) is 15.3. The minimum atomic E-state index is -0.156. The summed E-state index contributed by atoms with van der Waals surface area (Å²) in [7, 11) is 0. The minimum Gasteiger partial charge on any atom is -0.381 e. The Morgan fingerprint density at radius 1 is 1.24 bits per heavy atom. The first-order valence-electron chi connectivity index (χ1n) is 8.93. The maximum atomic E-state index is 12.6. The average Bonchev–Trinajstić information content (AvgIpc) is 2.96. The molecule has 1 saturated heterocycles. The van der Waals surface area contributed by atoms with Crippen molar-refractivity contribution in [2.24, 2.45) is 5.92 Å². The molecule has 3 aliphatic rings. The molecular weight excluding hydrogens is 264 g/mol. The molecule has 0 aromatic heterocycles. The van der Waals surface area contributed by atoms with Crippen LogP contribution in [0.2, 0.25) is 0 Å². The number of amides is 1. The summed E-state index contributed by atoms with van der Waals surface area (Å²) < 4.78 is 5.64. The van der Waals surface area contributed by atoms with Crippen LogP contribution in [0.15, 0.2) is 0 Å². The van der Waals surface area contributed by atoms with Crippen LogP contribution in [0, 0.1) is 5.92 Å². The highest BCUT2D eigenvalue weighted by Crippen LogP contribution is 2.45. The molecule has 1 aliphatic heterocycles. The Balaban J connectivity index is 1.49. The molecule has 21 heavy (non-hydrogen) atoms. The molecular formula is C17H30N2O2. The largest absolute Gasteiger partial charge is 0.381 e. The Morgan fingerprint density at radius 3 is 2.62 bits per heavy atom. The summed E-state index contributed by atoms with van der Waals surface area (Å²) in [6.07, 6.45) is 10.9. The maximum Gasteiger partial charge on any atom is 0.244 e. The van der Waals surface area contributed by atoms with Crippen LogP contribution in [-0.4, -0.2) is 42.3 Å². The number of nitrogens with one attached hydrogen (secondary N) is 1. The maximum absolute atomic E-state index is 12.6. The highest BCUT2D eigenvalue weighted by Gasteiger charge is 2.60. The second-order valence-corrected chi connectivity index (χ2v) is 7.03. The fourth-order valence-electron chi connectivity index (χ4n) is 3.88. The summed E-state index contributed by atoms with van der Waals surface area (Å²) in [6.45, 7) is 4.69. The number of unbranched alkanes of at least 4 members (excludes halogenated alkanes) is 1. The Bertz CT molecular complexity index is 362. The van der Waals surface area contributed by atoms with Gasteiger partial charge >= 0.3 is 0 Å². The molecule has 1 amide bonds. The second kappa shape index (κ2) is 6.66. The van der Waals surface area contributed by atoms with Gasteiger partial charge in [0.15, 0.2) is 0 Å². The summed E-state index contributed by atoms with van der Waals surface area (Å²) in [5.74, 6) is 1.04. The van der Waals surface area contributed by atoms with E-state index in [1.54, 1.807) is 0 Å². The lowest BCUT2D eigenvalue weighted by atomic mass is 10.0. The van der Waals surface area contributed by atoms with E-state index in [2.05, 4.69) is 17.1 Å². The molecule has 3 rings (SSSR count). The van der Waals surface area contributed by atoms with Crippen LogP contribution in [0.4, 0.5) is 0 Å². The van der Waals surface area contributed by atoms with Crippen molar-refractivity contribution < 1.29 is 9.53 Å². The molecule has 4 nitrogen and oxygen atoms in total. The molecule has 2 aliphatic carbocycles. The third kappa shape index (κ3) is 3.26. The van der Waals surface area contributed by atoms with Crippen LogP contribution < -0.4 is 5.32 Å². The van der Waals surface area contributed by atoms with E-state index < -0.39 is 0 Å². The lowest BCUT2D eigenvalue weighted by molar-refractivity contribution is -0.131. The lowest BCUT2D eigenvalue weighted by Gasteiger charge is -2.29. The van der Waals surface area contributed by atoms with Gasteiger partial charge < -0.3 is 9.64 Å². The summed E-state index contributed by atoms with van der Waals surface area (Å²) in [5.41, 5.74) is -0.156. The smallest absolute Gasteiger partial charge is 0.244 e. The Labute approximate surface area is 128 Å². The third-order valence-corrected chi connectivity index (χ3v) is 5.36. The molecule has 3 fully saturated rings. The van der Waals surface area contributed by atoms with Gasteiger partial charge in [-0.1, -0.05) is 26.2 Å². The molecule has 1 heterocycles. The quantitative estimate of drug-likeness (QED) is 0.700. The van der Waals surface area contributed by atoms with Gasteiger partial charge in [-0.25, -0.2) is 0 Å². The topological polar surface area (TPSA) is 41.6 Å². The molecule has 0 aromatic carbocycles. The molecule has 1 spiro atoms. The van der Waals surface area contributed by atoms with Gasteiger partial charge in [0.2, 0.25) is 5.91 Å². The van der Waals surface area contributed by atoms with Crippen molar-refractivity contribution in [3.05, 3.63) is 0 Å². The number of carbonyl (C=O) groups excluding carboxylic acids is 1. The summed E-state index contributed by atoms with van der Waals surface area (Å²) in [4.78, 5) is 14.8. The van der Waals surface area contributed by atoms with Crippen molar-refractivity contribution in [1.29, 1.82) is 0 Å². The number of hydrogen-bond acceptors (Lipinski definition) is 3. The van der Waals surface area contributed by atoms with Gasteiger partial charge in [-0.15, -0.1) is 0 Å². The van der Waals surface area contributed by atoms with Gasteiger partial charge in [0.05, 0.1) is 11.7 Å². The SMILES string of the molecule is CCCCOCCCN1C(=O)C2(CC2)NC1C1CCCC1. The van der Waals surface area contributed by atoms with E-state index in [0.29, 0.717) is 18.0 Å². The van der Waals surface area contributed by atoms with Crippen LogP contribution in [-0.2, 0) is 9.53 Å². The Hall–Kier alpha value is -0.610. The van der Waals surface area contributed by atoms with Gasteiger partial charge in [-0.3, -0.25) is 10.1 Å². The van der Waals surface area contributed by atoms with E-state index in [0.717, 1.165) is 45.4 Å². The predicted molar refractivity (Wildman–Crippen MR) is 82.9 cm³/mol. The molecule has 2 saturated carbocycles. The van der Waals surface area contributed by atoms with Crippen LogP contribution in [0.25, 0.3) is 0 Å². The van der Waals surface area contributed by atoms with Crippen molar-refractivity contribution in [1.82, 2.24) is 10.2 Å². The first-order chi connectivity index (χ1) is 10.3. The molecule has 1 unspecified atom stereocenters. The molecule has 120 valence electrons. The normalized spacial score (nSPS) is 28.0. The Morgan fingerprint density at radius 2 is 1.95 bits per heavy atom.